The summed E-state index contributed by atoms with van der Waals surface area (Å²) in [6.45, 7) is 6.30. The Bertz CT molecular complexity index is 909. The predicted molar refractivity (Wildman–Crippen MR) is 110 cm³/mol. The molecule has 0 bridgehead atoms. The molecule has 1 amide bonds. The third-order valence-corrected chi connectivity index (χ3v) is 4.06. The van der Waals surface area contributed by atoms with E-state index in [-0.39, 0.29) is 17.0 Å². The van der Waals surface area contributed by atoms with Crippen LogP contribution in [0.2, 0.25) is 0 Å². The SMILES string of the molecule is CNc1nccc(C(/C=C(\C=O)NC(=O)c2ccc(C(C)(C)C)cc2)=C/N)n1. The lowest BCUT2D eigenvalue weighted by atomic mass is 9.87. The van der Waals surface area contributed by atoms with Crippen molar-refractivity contribution >= 4 is 23.7 Å². The maximum atomic E-state index is 12.5. The van der Waals surface area contributed by atoms with Crippen LogP contribution in [0.5, 0.6) is 0 Å². The van der Waals surface area contributed by atoms with Crippen molar-refractivity contribution < 1.29 is 9.59 Å². The van der Waals surface area contributed by atoms with Gasteiger partial charge in [-0.25, -0.2) is 9.97 Å². The lowest BCUT2D eigenvalue weighted by Gasteiger charge is -2.19. The van der Waals surface area contributed by atoms with Crippen molar-refractivity contribution in [2.75, 3.05) is 12.4 Å². The van der Waals surface area contributed by atoms with Gasteiger partial charge in [0.25, 0.3) is 5.91 Å². The van der Waals surface area contributed by atoms with E-state index in [1.54, 1.807) is 31.4 Å². The highest BCUT2D eigenvalue weighted by Gasteiger charge is 2.15. The highest BCUT2D eigenvalue weighted by Crippen LogP contribution is 2.22. The Kier molecular flexibility index (Phi) is 6.65. The average molecular weight is 379 g/mol. The van der Waals surface area contributed by atoms with Gasteiger partial charge >= 0.3 is 0 Å². The van der Waals surface area contributed by atoms with E-state index >= 15 is 0 Å². The summed E-state index contributed by atoms with van der Waals surface area (Å²) in [4.78, 5) is 32.3. The summed E-state index contributed by atoms with van der Waals surface area (Å²) < 4.78 is 0. The number of nitrogens with two attached hydrogens (primary N) is 1. The molecule has 146 valence electrons. The van der Waals surface area contributed by atoms with Crippen LogP contribution in [0.25, 0.3) is 5.57 Å². The number of allylic oxidation sites excluding steroid dienone is 3. The highest BCUT2D eigenvalue weighted by atomic mass is 16.2. The molecule has 0 aliphatic heterocycles. The number of amides is 1. The van der Waals surface area contributed by atoms with Gasteiger partial charge in [-0.05, 0) is 35.3 Å². The molecule has 0 atom stereocenters. The molecule has 7 heteroatoms. The van der Waals surface area contributed by atoms with Gasteiger partial charge in [0.05, 0.1) is 11.4 Å². The third kappa shape index (κ3) is 5.26. The summed E-state index contributed by atoms with van der Waals surface area (Å²) in [6.07, 6.45) is 4.91. The van der Waals surface area contributed by atoms with Crippen LogP contribution < -0.4 is 16.4 Å². The predicted octanol–water partition coefficient (Wildman–Crippen LogP) is 2.63. The fourth-order valence-corrected chi connectivity index (χ4v) is 2.44. The van der Waals surface area contributed by atoms with Crippen LogP contribution in [-0.4, -0.2) is 29.2 Å². The topological polar surface area (TPSA) is 110 Å². The van der Waals surface area contributed by atoms with E-state index in [1.807, 2.05) is 12.1 Å². The molecule has 1 aromatic heterocycles. The van der Waals surface area contributed by atoms with E-state index in [2.05, 4.69) is 41.4 Å². The molecular weight excluding hydrogens is 354 g/mol. The number of rotatable bonds is 6. The van der Waals surface area contributed by atoms with Gasteiger partial charge in [-0.15, -0.1) is 0 Å². The molecule has 4 N–H and O–H groups in total. The fourth-order valence-electron chi connectivity index (χ4n) is 2.44. The van der Waals surface area contributed by atoms with E-state index in [9.17, 15) is 9.59 Å². The number of carbonyl (C=O) groups is 2. The van der Waals surface area contributed by atoms with Crippen LogP contribution >= 0.6 is 0 Å². The van der Waals surface area contributed by atoms with Crippen LogP contribution in [0, 0.1) is 0 Å². The maximum Gasteiger partial charge on any atom is 0.255 e. The Morgan fingerprint density at radius 1 is 1.14 bits per heavy atom. The lowest BCUT2D eigenvalue weighted by Crippen LogP contribution is -2.24. The van der Waals surface area contributed by atoms with Gasteiger partial charge in [0, 0.05) is 30.6 Å². The van der Waals surface area contributed by atoms with E-state index in [0.29, 0.717) is 29.1 Å². The Morgan fingerprint density at radius 2 is 1.82 bits per heavy atom. The normalized spacial score (nSPS) is 12.4. The van der Waals surface area contributed by atoms with Gasteiger partial charge in [-0.3, -0.25) is 9.59 Å². The number of benzene rings is 1. The van der Waals surface area contributed by atoms with Crippen LogP contribution in [0.15, 0.2) is 54.5 Å². The maximum absolute atomic E-state index is 12.5. The first-order valence-corrected chi connectivity index (χ1v) is 8.80. The van der Waals surface area contributed by atoms with Crippen LogP contribution in [0.1, 0.15) is 42.4 Å². The Morgan fingerprint density at radius 3 is 2.36 bits per heavy atom. The van der Waals surface area contributed by atoms with E-state index < -0.39 is 0 Å². The first kappa shape index (κ1) is 20.8. The Labute approximate surface area is 164 Å². The summed E-state index contributed by atoms with van der Waals surface area (Å²) in [6, 6.07) is 8.95. The zero-order valence-corrected chi connectivity index (χ0v) is 16.5. The monoisotopic (exact) mass is 379 g/mol. The van der Waals surface area contributed by atoms with Crippen molar-refractivity contribution in [3.63, 3.8) is 0 Å². The summed E-state index contributed by atoms with van der Waals surface area (Å²) in [7, 11) is 1.70. The minimum absolute atomic E-state index is 0.00652. The van der Waals surface area contributed by atoms with Crippen molar-refractivity contribution in [3.8, 4) is 0 Å². The first-order chi connectivity index (χ1) is 13.3. The molecule has 2 aromatic rings. The number of aldehydes is 1. The van der Waals surface area contributed by atoms with E-state index in [4.69, 9.17) is 5.73 Å². The minimum atomic E-state index is -0.381. The molecule has 1 heterocycles. The molecule has 2 rings (SSSR count). The molecule has 0 unspecified atom stereocenters. The highest BCUT2D eigenvalue weighted by molar-refractivity contribution is 5.99. The summed E-state index contributed by atoms with van der Waals surface area (Å²) in [5.41, 5.74) is 8.32. The molecule has 0 saturated heterocycles. The molecule has 0 spiro atoms. The zero-order chi connectivity index (χ0) is 20.7. The van der Waals surface area contributed by atoms with Crippen LogP contribution in [0.3, 0.4) is 0 Å². The Balaban J connectivity index is 2.22. The second-order valence-electron chi connectivity index (χ2n) is 7.14. The van der Waals surface area contributed by atoms with E-state index in [0.717, 1.165) is 5.56 Å². The zero-order valence-electron chi connectivity index (χ0n) is 16.5. The van der Waals surface area contributed by atoms with Gasteiger partial charge < -0.3 is 16.4 Å². The number of anilines is 1. The van der Waals surface area contributed by atoms with Crippen LogP contribution in [-0.2, 0) is 10.2 Å². The van der Waals surface area contributed by atoms with Crippen molar-refractivity contribution in [1.29, 1.82) is 0 Å². The standard InChI is InChI=1S/C21H25N5O2/c1-21(2,3)16-7-5-14(6-8-16)19(28)25-17(13-27)11-15(12-22)18-9-10-24-20(23-4)26-18/h5-13H,22H2,1-4H3,(H,25,28)(H,23,24,26)/b15-12+,17-11+. The van der Waals surface area contributed by atoms with Gasteiger partial charge in [-0.1, -0.05) is 32.9 Å². The fraction of sp³-hybridized carbons (Fsp3) is 0.238. The molecule has 7 nitrogen and oxygen atoms in total. The molecule has 0 saturated carbocycles. The number of hydrogen-bond donors (Lipinski definition) is 3. The lowest BCUT2D eigenvalue weighted by molar-refractivity contribution is -0.105. The number of nitrogens with zero attached hydrogens (tertiary/aromatic N) is 2. The summed E-state index contributed by atoms with van der Waals surface area (Å²) in [5, 5.41) is 5.44. The minimum Gasteiger partial charge on any atom is -0.404 e. The quantitative estimate of drug-likeness (QED) is 0.404. The van der Waals surface area contributed by atoms with Crippen molar-refractivity contribution in [3.05, 3.63) is 71.3 Å². The molecule has 0 aliphatic rings. The van der Waals surface area contributed by atoms with E-state index in [1.165, 1.54) is 12.3 Å². The molecule has 0 aliphatic carbocycles. The van der Waals surface area contributed by atoms with Crippen LogP contribution in [0.4, 0.5) is 5.95 Å². The Hall–Kier alpha value is -3.48. The van der Waals surface area contributed by atoms with Crippen molar-refractivity contribution in [1.82, 2.24) is 15.3 Å². The van der Waals surface area contributed by atoms with Gasteiger partial charge in [0.15, 0.2) is 6.29 Å². The van der Waals surface area contributed by atoms with Gasteiger partial charge in [0.2, 0.25) is 5.95 Å². The number of aromatic nitrogens is 2. The number of carbonyl (C=O) groups excluding carboxylic acids is 2. The molecule has 0 radical (unpaired) electrons. The number of hydrogen-bond acceptors (Lipinski definition) is 6. The summed E-state index contributed by atoms with van der Waals surface area (Å²) >= 11 is 0. The smallest absolute Gasteiger partial charge is 0.255 e. The average Bonchev–Trinajstić information content (AvgIpc) is 2.70. The van der Waals surface area contributed by atoms with Crippen molar-refractivity contribution in [2.24, 2.45) is 5.73 Å². The van der Waals surface area contributed by atoms with Gasteiger partial charge in [-0.2, -0.15) is 0 Å². The first-order valence-electron chi connectivity index (χ1n) is 8.80. The third-order valence-electron chi connectivity index (χ3n) is 4.06. The second kappa shape index (κ2) is 8.94. The largest absolute Gasteiger partial charge is 0.404 e. The number of nitrogens with one attached hydrogen (secondary N) is 2. The molecule has 28 heavy (non-hydrogen) atoms. The second-order valence-corrected chi connectivity index (χ2v) is 7.14. The molecule has 0 fully saturated rings. The summed E-state index contributed by atoms with van der Waals surface area (Å²) in [5.74, 6) is 0.0367. The molecular formula is C21H25N5O2. The van der Waals surface area contributed by atoms with Gasteiger partial charge in [0.1, 0.15) is 0 Å². The van der Waals surface area contributed by atoms with Crippen molar-refractivity contribution in [2.45, 2.75) is 26.2 Å². The molecule has 1 aromatic carbocycles.